The highest BCUT2D eigenvalue weighted by Gasteiger charge is 2.33. The van der Waals surface area contributed by atoms with Gasteiger partial charge in [-0.3, -0.25) is 9.58 Å². The number of amides is 2. The van der Waals surface area contributed by atoms with Crippen LogP contribution in [0.5, 0.6) is 0 Å². The molecular weight excluding hydrogens is 383 g/mol. The molecule has 0 bridgehead atoms. The highest BCUT2D eigenvalue weighted by molar-refractivity contribution is 5.90. The average Bonchev–Trinajstić information content (AvgIpc) is 3.42. The Kier molecular flexibility index (Phi) is 4.85. The van der Waals surface area contributed by atoms with Crippen LogP contribution in [0.15, 0.2) is 48.9 Å². The van der Waals surface area contributed by atoms with E-state index in [1.54, 1.807) is 35.3 Å². The third kappa shape index (κ3) is 4.03. The number of carbonyl (C=O) groups is 2. The van der Waals surface area contributed by atoms with Crippen LogP contribution < -0.4 is 10.2 Å². The topological polar surface area (TPSA) is 115 Å². The maximum absolute atomic E-state index is 14.7. The molecule has 11 heteroatoms. The van der Waals surface area contributed by atoms with Crippen LogP contribution in [0.25, 0.3) is 5.69 Å². The summed E-state index contributed by atoms with van der Waals surface area (Å²) in [5.41, 5.74) is 1.27. The molecule has 1 fully saturated rings. The molecule has 3 aromatic rings. The Morgan fingerprint density at radius 3 is 2.93 bits per heavy atom. The van der Waals surface area contributed by atoms with E-state index in [0.717, 1.165) is 0 Å². The Hall–Kier alpha value is -3.89. The van der Waals surface area contributed by atoms with E-state index in [1.807, 2.05) is 6.20 Å². The monoisotopic (exact) mass is 400 g/mol. The van der Waals surface area contributed by atoms with Crippen molar-refractivity contribution >= 4 is 17.9 Å². The van der Waals surface area contributed by atoms with Crippen LogP contribution in [0.2, 0.25) is 0 Å². The van der Waals surface area contributed by atoms with Crippen LogP contribution in [-0.4, -0.2) is 56.0 Å². The van der Waals surface area contributed by atoms with Gasteiger partial charge in [-0.2, -0.15) is 10.2 Å². The second-order valence-corrected chi connectivity index (χ2v) is 6.39. The zero-order chi connectivity index (χ0) is 20.4. The molecule has 0 spiro atoms. The second-order valence-electron chi connectivity index (χ2n) is 6.39. The van der Waals surface area contributed by atoms with Gasteiger partial charge in [-0.05, 0) is 30.3 Å². The summed E-state index contributed by atoms with van der Waals surface area (Å²) in [6, 6.07) is 7.90. The van der Waals surface area contributed by atoms with E-state index in [0.29, 0.717) is 17.9 Å². The summed E-state index contributed by atoms with van der Waals surface area (Å²) in [6.07, 6.45) is 2.62. The fraction of sp³-hybridized carbons (Fsp3) is 0.222. The first kappa shape index (κ1) is 18.5. The molecule has 29 heavy (non-hydrogen) atoms. The Bertz CT molecular complexity index is 1030. The number of benzene rings is 1. The van der Waals surface area contributed by atoms with Crippen LogP contribution in [0.1, 0.15) is 5.69 Å². The first-order valence-electron chi connectivity index (χ1n) is 8.76. The third-order valence-electron chi connectivity index (χ3n) is 4.37. The fourth-order valence-electron chi connectivity index (χ4n) is 3.03. The van der Waals surface area contributed by atoms with E-state index < -0.39 is 24.1 Å². The van der Waals surface area contributed by atoms with Crippen molar-refractivity contribution < 1.29 is 23.8 Å². The van der Waals surface area contributed by atoms with Gasteiger partial charge in [0.2, 0.25) is 0 Å². The van der Waals surface area contributed by atoms with Crippen molar-refractivity contribution in [3.8, 4) is 5.69 Å². The molecule has 1 saturated heterocycles. The normalized spacial score (nSPS) is 16.1. The Balaban J connectivity index is 1.48. The molecule has 1 aromatic carbocycles. The summed E-state index contributed by atoms with van der Waals surface area (Å²) in [6.45, 7) is 0.545. The van der Waals surface area contributed by atoms with E-state index in [1.165, 1.54) is 21.7 Å². The van der Waals surface area contributed by atoms with E-state index in [2.05, 4.69) is 15.5 Å². The number of nitrogens with zero attached hydrogens (tertiary/aromatic N) is 5. The van der Waals surface area contributed by atoms with Gasteiger partial charge in [-0.1, -0.05) is 0 Å². The summed E-state index contributed by atoms with van der Waals surface area (Å²) >= 11 is 0. The fourth-order valence-corrected chi connectivity index (χ4v) is 3.03. The smallest absolute Gasteiger partial charge is 0.414 e. The lowest BCUT2D eigenvalue weighted by Crippen LogP contribution is -2.33. The van der Waals surface area contributed by atoms with Crippen LogP contribution in [-0.2, 0) is 11.3 Å². The summed E-state index contributed by atoms with van der Waals surface area (Å²) in [4.78, 5) is 23.9. The molecule has 150 valence electrons. The molecular formula is C18H17FN6O4. The molecule has 2 aromatic heterocycles. The Labute approximate surface area is 164 Å². The first-order chi connectivity index (χ1) is 14.0. The summed E-state index contributed by atoms with van der Waals surface area (Å²) in [5, 5.41) is 19.3. The zero-order valence-corrected chi connectivity index (χ0v) is 15.1. The van der Waals surface area contributed by atoms with Crippen molar-refractivity contribution in [1.29, 1.82) is 0 Å². The van der Waals surface area contributed by atoms with Gasteiger partial charge >= 0.3 is 12.2 Å². The predicted molar refractivity (Wildman–Crippen MR) is 98.5 cm³/mol. The number of halogens is 1. The molecule has 2 amide bonds. The number of nitrogens with one attached hydrogen (secondary N) is 1. The largest absolute Gasteiger partial charge is 0.465 e. The minimum Gasteiger partial charge on any atom is -0.465 e. The molecule has 10 nitrogen and oxygen atoms in total. The highest BCUT2D eigenvalue weighted by atomic mass is 19.1. The SMILES string of the molecule is O=C(O)NC[C@H]1CN(c2ccc(-n3ccc(Cn4cccn4)n3)c(F)c2)C(=O)O1. The number of anilines is 1. The van der Waals surface area contributed by atoms with E-state index in [-0.39, 0.29) is 18.8 Å². The van der Waals surface area contributed by atoms with E-state index in [4.69, 9.17) is 9.84 Å². The number of carbonyl (C=O) groups excluding carboxylic acids is 1. The van der Waals surface area contributed by atoms with Gasteiger partial charge in [0.1, 0.15) is 11.8 Å². The van der Waals surface area contributed by atoms with E-state index >= 15 is 0 Å². The van der Waals surface area contributed by atoms with Crippen LogP contribution in [0.3, 0.4) is 0 Å². The molecule has 4 rings (SSSR count). The number of carboxylic acid groups (broad SMARTS) is 1. The van der Waals surface area contributed by atoms with Crippen molar-refractivity contribution in [3.05, 3.63) is 60.4 Å². The van der Waals surface area contributed by atoms with Crippen molar-refractivity contribution in [2.45, 2.75) is 12.6 Å². The molecule has 1 atom stereocenters. The van der Waals surface area contributed by atoms with Gasteiger partial charge in [0.25, 0.3) is 0 Å². The van der Waals surface area contributed by atoms with Crippen molar-refractivity contribution in [1.82, 2.24) is 24.9 Å². The molecule has 0 unspecified atom stereocenters. The van der Waals surface area contributed by atoms with E-state index in [9.17, 15) is 14.0 Å². The minimum absolute atomic E-state index is 0.0372. The van der Waals surface area contributed by atoms with Gasteiger partial charge in [-0.15, -0.1) is 0 Å². The van der Waals surface area contributed by atoms with Crippen LogP contribution in [0, 0.1) is 5.82 Å². The molecule has 1 aliphatic rings. The van der Waals surface area contributed by atoms with Gasteiger partial charge in [0.15, 0.2) is 5.82 Å². The number of ether oxygens (including phenoxy) is 1. The number of aromatic nitrogens is 4. The first-order valence-corrected chi connectivity index (χ1v) is 8.76. The lowest BCUT2D eigenvalue weighted by atomic mass is 10.2. The van der Waals surface area contributed by atoms with Crippen LogP contribution in [0.4, 0.5) is 19.7 Å². The number of hydrogen-bond acceptors (Lipinski definition) is 5. The summed E-state index contributed by atoms with van der Waals surface area (Å²) in [5.74, 6) is -0.559. The zero-order valence-electron chi connectivity index (χ0n) is 15.1. The van der Waals surface area contributed by atoms with Gasteiger partial charge in [0.05, 0.1) is 31.0 Å². The standard InChI is InChI=1S/C18H17FN6O4/c19-15-8-13(24-11-14(29-18(24)28)9-20-17(26)27)2-3-16(15)25-7-4-12(22-25)10-23-6-1-5-21-23/h1-8,14,20H,9-11H2,(H,26,27)/t14-/m0/s1. The molecule has 0 aliphatic carbocycles. The minimum atomic E-state index is -1.21. The van der Waals surface area contributed by atoms with Crippen LogP contribution >= 0.6 is 0 Å². The third-order valence-corrected chi connectivity index (χ3v) is 4.37. The highest BCUT2D eigenvalue weighted by Crippen LogP contribution is 2.25. The average molecular weight is 400 g/mol. The summed E-state index contributed by atoms with van der Waals surface area (Å²) < 4.78 is 22.9. The van der Waals surface area contributed by atoms with Gasteiger partial charge in [0, 0.05) is 18.6 Å². The maximum atomic E-state index is 14.7. The molecule has 0 radical (unpaired) electrons. The number of cyclic esters (lactones) is 1. The van der Waals surface area contributed by atoms with Gasteiger partial charge < -0.3 is 15.2 Å². The number of hydrogen-bond donors (Lipinski definition) is 2. The predicted octanol–water partition coefficient (Wildman–Crippen LogP) is 1.85. The molecule has 0 saturated carbocycles. The Morgan fingerprint density at radius 2 is 2.21 bits per heavy atom. The van der Waals surface area contributed by atoms with Gasteiger partial charge in [-0.25, -0.2) is 18.7 Å². The number of rotatable bonds is 6. The summed E-state index contributed by atoms with van der Waals surface area (Å²) in [7, 11) is 0. The Morgan fingerprint density at radius 1 is 1.34 bits per heavy atom. The quantitative estimate of drug-likeness (QED) is 0.653. The van der Waals surface area contributed by atoms with Crippen molar-refractivity contribution in [2.24, 2.45) is 0 Å². The van der Waals surface area contributed by atoms with Crippen molar-refractivity contribution in [2.75, 3.05) is 18.0 Å². The molecule has 1 aliphatic heterocycles. The maximum Gasteiger partial charge on any atom is 0.414 e. The van der Waals surface area contributed by atoms with Crippen molar-refractivity contribution in [3.63, 3.8) is 0 Å². The lowest BCUT2D eigenvalue weighted by Gasteiger charge is -2.14. The second kappa shape index (κ2) is 7.62. The molecule has 2 N–H and O–H groups in total. The molecule has 3 heterocycles. The lowest BCUT2D eigenvalue weighted by molar-refractivity contribution is 0.136.